The second-order valence-corrected chi connectivity index (χ2v) is 12.5. The normalized spacial score (nSPS) is 27.0. The number of benzene rings is 2. The zero-order chi connectivity index (χ0) is 25.1. The number of anilines is 1. The van der Waals surface area contributed by atoms with Crippen LogP contribution in [0.2, 0.25) is 5.02 Å². The molecule has 5 nitrogen and oxygen atoms in total. The summed E-state index contributed by atoms with van der Waals surface area (Å²) >= 11 is 6.03. The van der Waals surface area contributed by atoms with Crippen molar-refractivity contribution in [1.82, 2.24) is 9.97 Å². The SMILES string of the molecule is O=C(Cc1ccc(Cl)cc1)Nc1nc2c(nc1CC13CC4CC(CC(C4)C1)C3)-c1ccc(O)cc1CC2. The quantitative estimate of drug-likeness (QED) is 0.406. The van der Waals surface area contributed by atoms with Crippen molar-refractivity contribution in [3.8, 4) is 17.0 Å². The molecule has 3 aromatic rings. The Hall–Kier alpha value is -2.92. The van der Waals surface area contributed by atoms with Gasteiger partial charge in [-0.05, 0) is 122 Å². The molecule has 4 saturated carbocycles. The zero-order valence-corrected chi connectivity index (χ0v) is 21.7. The first kappa shape index (κ1) is 23.2. The minimum absolute atomic E-state index is 0.0792. The second-order valence-electron chi connectivity index (χ2n) is 12.1. The average molecular weight is 514 g/mol. The van der Waals surface area contributed by atoms with Crippen LogP contribution in [0.15, 0.2) is 42.5 Å². The molecule has 0 aliphatic heterocycles. The number of hydrogen-bond donors (Lipinski definition) is 2. The molecule has 4 bridgehead atoms. The minimum atomic E-state index is -0.0792. The van der Waals surface area contributed by atoms with E-state index in [0.29, 0.717) is 10.8 Å². The Morgan fingerprint density at radius 1 is 0.973 bits per heavy atom. The highest BCUT2D eigenvalue weighted by Crippen LogP contribution is 2.61. The van der Waals surface area contributed by atoms with Gasteiger partial charge in [-0.25, -0.2) is 9.97 Å². The van der Waals surface area contributed by atoms with E-state index in [2.05, 4.69) is 5.32 Å². The monoisotopic (exact) mass is 513 g/mol. The molecule has 2 N–H and O–H groups in total. The van der Waals surface area contributed by atoms with Gasteiger partial charge in [0.05, 0.1) is 23.5 Å². The number of aromatic hydroxyl groups is 1. The van der Waals surface area contributed by atoms with Crippen LogP contribution in [0.3, 0.4) is 0 Å². The van der Waals surface area contributed by atoms with Gasteiger partial charge >= 0.3 is 0 Å². The summed E-state index contributed by atoms with van der Waals surface area (Å²) in [4.78, 5) is 23.5. The molecule has 2 aromatic carbocycles. The van der Waals surface area contributed by atoms with E-state index in [1.165, 1.54) is 38.5 Å². The average Bonchev–Trinajstić information content (AvgIpc) is 2.84. The van der Waals surface area contributed by atoms with Gasteiger partial charge in [0.1, 0.15) is 5.75 Å². The molecule has 37 heavy (non-hydrogen) atoms. The number of carbonyl (C=O) groups excluding carboxylic acids is 1. The van der Waals surface area contributed by atoms with Crippen molar-refractivity contribution < 1.29 is 9.90 Å². The van der Waals surface area contributed by atoms with Gasteiger partial charge in [-0.2, -0.15) is 0 Å². The molecule has 1 amide bonds. The summed E-state index contributed by atoms with van der Waals surface area (Å²) in [5.74, 6) is 3.39. The molecule has 0 saturated heterocycles. The number of aromatic nitrogens is 2. The Morgan fingerprint density at radius 3 is 2.38 bits per heavy atom. The Labute approximate surface area is 222 Å². The van der Waals surface area contributed by atoms with Crippen molar-refractivity contribution >= 4 is 23.3 Å². The predicted molar refractivity (Wildman–Crippen MR) is 145 cm³/mol. The molecular formula is C31H32ClN3O2. The lowest BCUT2D eigenvalue weighted by atomic mass is 9.48. The number of carbonyl (C=O) groups is 1. The largest absolute Gasteiger partial charge is 0.508 e. The fraction of sp³-hybridized carbons (Fsp3) is 0.452. The topological polar surface area (TPSA) is 75.1 Å². The molecule has 1 aromatic heterocycles. The van der Waals surface area contributed by atoms with Crippen LogP contribution in [0.25, 0.3) is 11.3 Å². The third-order valence-electron chi connectivity index (χ3n) is 9.26. The number of halogens is 1. The van der Waals surface area contributed by atoms with Gasteiger partial charge < -0.3 is 10.4 Å². The van der Waals surface area contributed by atoms with Gasteiger partial charge in [-0.15, -0.1) is 0 Å². The summed E-state index contributed by atoms with van der Waals surface area (Å²) in [6, 6.07) is 13.0. The number of hydrogen-bond acceptors (Lipinski definition) is 4. The first-order valence-corrected chi connectivity index (χ1v) is 14.1. The van der Waals surface area contributed by atoms with Crippen molar-refractivity contribution in [2.24, 2.45) is 23.2 Å². The van der Waals surface area contributed by atoms with E-state index < -0.39 is 0 Å². The summed E-state index contributed by atoms with van der Waals surface area (Å²) in [5.41, 5.74) is 6.13. The third kappa shape index (κ3) is 4.41. The van der Waals surface area contributed by atoms with Crippen LogP contribution in [0.5, 0.6) is 5.75 Å². The molecule has 1 heterocycles. The summed E-state index contributed by atoms with van der Waals surface area (Å²) < 4.78 is 0. The number of phenolic OH excluding ortho intramolecular Hbond substituents is 1. The molecule has 0 atom stereocenters. The molecule has 8 rings (SSSR count). The molecule has 0 spiro atoms. The van der Waals surface area contributed by atoms with Gasteiger partial charge in [-0.3, -0.25) is 4.79 Å². The van der Waals surface area contributed by atoms with Crippen LogP contribution in [0, 0.1) is 23.2 Å². The minimum Gasteiger partial charge on any atom is -0.508 e. The fourth-order valence-corrected chi connectivity index (χ4v) is 8.34. The first-order chi connectivity index (χ1) is 17.9. The molecule has 0 unspecified atom stereocenters. The maximum absolute atomic E-state index is 13.1. The predicted octanol–water partition coefficient (Wildman–Crippen LogP) is 6.54. The van der Waals surface area contributed by atoms with Crippen molar-refractivity contribution in [2.75, 3.05) is 5.32 Å². The maximum Gasteiger partial charge on any atom is 0.229 e. The number of fused-ring (bicyclic) bond motifs is 3. The Morgan fingerprint density at radius 2 is 1.68 bits per heavy atom. The number of amides is 1. The molecular weight excluding hydrogens is 482 g/mol. The summed E-state index contributed by atoms with van der Waals surface area (Å²) in [6.45, 7) is 0. The van der Waals surface area contributed by atoms with Gasteiger partial charge in [0.2, 0.25) is 5.91 Å². The lowest BCUT2D eigenvalue weighted by molar-refractivity contribution is -0.115. The molecule has 5 aliphatic carbocycles. The van der Waals surface area contributed by atoms with Gasteiger partial charge in [-0.1, -0.05) is 23.7 Å². The van der Waals surface area contributed by atoms with Crippen LogP contribution in [-0.4, -0.2) is 21.0 Å². The summed E-state index contributed by atoms with van der Waals surface area (Å²) in [6.07, 6.45) is 10.7. The van der Waals surface area contributed by atoms with Gasteiger partial charge in [0.15, 0.2) is 5.82 Å². The first-order valence-electron chi connectivity index (χ1n) is 13.7. The fourth-order valence-electron chi connectivity index (χ4n) is 8.21. The van der Waals surface area contributed by atoms with Gasteiger partial charge in [0, 0.05) is 10.6 Å². The number of nitrogens with one attached hydrogen (secondary N) is 1. The van der Waals surface area contributed by atoms with Crippen molar-refractivity contribution in [3.63, 3.8) is 0 Å². The number of aryl methyl sites for hydroxylation is 2. The van der Waals surface area contributed by atoms with Crippen molar-refractivity contribution in [2.45, 2.75) is 64.2 Å². The molecule has 0 radical (unpaired) electrons. The van der Waals surface area contributed by atoms with Crippen LogP contribution < -0.4 is 5.32 Å². The molecule has 6 heteroatoms. The van der Waals surface area contributed by atoms with Gasteiger partial charge in [0.25, 0.3) is 0 Å². The lowest BCUT2D eigenvalue weighted by Gasteiger charge is -2.57. The Bertz CT molecular complexity index is 1350. The zero-order valence-electron chi connectivity index (χ0n) is 21.0. The highest BCUT2D eigenvalue weighted by Gasteiger charge is 2.51. The third-order valence-corrected chi connectivity index (χ3v) is 9.51. The van der Waals surface area contributed by atoms with E-state index in [4.69, 9.17) is 21.6 Å². The van der Waals surface area contributed by atoms with E-state index in [1.54, 1.807) is 6.07 Å². The standard InChI is InChI=1S/C31H32ClN3O2/c32-23-4-1-18(2-5-23)12-28(37)35-30-27(17-31-14-19-9-20(15-31)11-21(10-19)16-31)33-29-25-7-6-24(36)13-22(25)3-8-26(29)34-30/h1-2,4-7,13,19-21,36H,3,8-12,14-17H2,(H,34,35,37). The van der Waals surface area contributed by atoms with E-state index >= 15 is 0 Å². The summed E-state index contributed by atoms with van der Waals surface area (Å²) in [5, 5.41) is 13.8. The maximum atomic E-state index is 13.1. The van der Waals surface area contributed by atoms with Crippen molar-refractivity contribution in [1.29, 1.82) is 0 Å². The van der Waals surface area contributed by atoms with Crippen LogP contribution in [0.4, 0.5) is 5.82 Å². The Kier molecular flexibility index (Phi) is 5.54. The number of nitrogens with zero attached hydrogens (tertiary/aromatic N) is 2. The molecule has 4 fully saturated rings. The van der Waals surface area contributed by atoms with E-state index in [0.717, 1.165) is 70.8 Å². The van der Waals surface area contributed by atoms with E-state index in [9.17, 15) is 9.90 Å². The van der Waals surface area contributed by atoms with Crippen LogP contribution in [-0.2, 0) is 30.5 Å². The van der Waals surface area contributed by atoms with E-state index in [1.807, 2.05) is 36.4 Å². The number of rotatable bonds is 5. The van der Waals surface area contributed by atoms with Crippen LogP contribution >= 0.6 is 11.6 Å². The second kappa shape index (κ2) is 8.83. The summed E-state index contributed by atoms with van der Waals surface area (Å²) in [7, 11) is 0. The van der Waals surface area contributed by atoms with Crippen LogP contribution in [0.1, 0.15) is 61.0 Å². The van der Waals surface area contributed by atoms with Crippen molar-refractivity contribution in [3.05, 3.63) is 70.0 Å². The molecule has 5 aliphatic rings. The lowest BCUT2D eigenvalue weighted by Crippen LogP contribution is -2.47. The number of phenols is 1. The van der Waals surface area contributed by atoms with E-state index in [-0.39, 0.29) is 23.5 Å². The highest BCUT2D eigenvalue weighted by molar-refractivity contribution is 6.30. The highest BCUT2D eigenvalue weighted by atomic mass is 35.5. The smallest absolute Gasteiger partial charge is 0.229 e. The molecule has 190 valence electrons. The Balaban J connectivity index is 1.24.